The molecule has 0 radical (unpaired) electrons. The monoisotopic (exact) mass is 403 g/mol. The van der Waals surface area contributed by atoms with Crippen LogP contribution < -0.4 is 10.5 Å². The van der Waals surface area contributed by atoms with Crippen LogP contribution in [-0.4, -0.2) is 6.61 Å². The molecule has 1 aromatic carbocycles. The van der Waals surface area contributed by atoms with E-state index in [0.29, 0.717) is 6.61 Å². The van der Waals surface area contributed by atoms with E-state index in [1.807, 2.05) is 19.1 Å². The second-order valence-electron chi connectivity index (χ2n) is 4.22. The maximum atomic E-state index is 6.39. The number of hydrogen-bond donors (Lipinski definition) is 1. The third kappa shape index (κ3) is 3.40. The minimum Gasteiger partial charge on any atom is -0.494 e. The number of benzene rings is 1. The van der Waals surface area contributed by atoms with Crippen molar-refractivity contribution in [2.24, 2.45) is 5.73 Å². The lowest BCUT2D eigenvalue weighted by Gasteiger charge is -2.16. The lowest BCUT2D eigenvalue weighted by atomic mass is 10.0. The fourth-order valence-electron chi connectivity index (χ4n) is 1.87. The summed E-state index contributed by atoms with van der Waals surface area (Å²) in [7, 11) is 0. The lowest BCUT2D eigenvalue weighted by Crippen LogP contribution is -2.12. The third-order valence-electron chi connectivity index (χ3n) is 2.77. The van der Waals surface area contributed by atoms with Gasteiger partial charge in [-0.2, -0.15) is 0 Å². The van der Waals surface area contributed by atoms with Crippen molar-refractivity contribution >= 4 is 43.2 Å². The first-order valence-corrected chi connectivity index (χ1v) is 8.36. The van der Waals surface area contributed by atoms with Gasteiger partial charge in [0.25, 0.3) is 0 Å². The summed E-state index contributed by atoms with van der Waals surface area (Å²) in [5.41, 5.74) is 8.60. The molecule has 5 heteroatoms. The number of nitrogens with two attached hydrogens (primary N) is 1. The molecule has 19 heavy (non-hydrogen) atoms. The van der Waals surface area contributed by atoms with Gasteiger partial charge in [-0.1, -0.05) is 17.7 Å². The first-order chi connectivity index (χ1) is 9.02. The maximum Gasteiger partial charge on any atom is 0.124 e. The second kappa shape index (κ2) is 6.39. The molecule has 2 N–H and O–H groups in total. The van der Waals surface area contributed by atoms with Crippen molar-refractivity contribution in [2.75, 3.05) is 6.61 Å². The molecule has 0 fully saturated rings. The quantitative estimate of drug-likeness (QED) is 0.775. The van der Waals surface area contributed by atoms with Crippen molar-refractivity contribution in [2.45, 2.75) is 19.9 Å². The van der Waals surface area contributed by atoms with Crippen LogP contribution in [-0.2, 0) is 0 Å². The molecule has 0 saturated carbocycles. The molecule has 1 atom stereocenters. The van der Waals surface area contributed by atoms with Crippen LogP contribution in [0.1, 0.15) is 29.0 Å². The molecule has 0 aliphatic rings. The second-order valence-corrected chi connectivity index (χ2v) is 7.48. The predicted molar refractivity (Wildman–Crippen MR) is 88.1 cm³/mol. The summed E-state index contributed by atoms with van der Waals surface area (Å²) in [6.45, 7) is 4.68. The van der Waals surface area contributed by atoms with Gasteiger partial charge in [0.05, 0.1) is 16.4 Å². The van der Waals surface area contributed by atoms with Gasteiger partial charge >= 0.3 is 0 Å². The summed E-state index contributed by atoms with van der Waals surface area (Å²) in [5.74, 6) is 0.862. The van der Waals surface area contributed by atoms with Crippen LogP contribution in [0.2, 0.25) is 0 Å². The molecule has 0 bridgehead atoms. The zero-order valence-electron chi connectivity index (χ0n) is 10.7. The highest BCUT2D eigenvalue weighted by atomic mass is 79.9. The molecule has 1 aromatic heterocycles. The fourth-order valence-corrected chi connectivity index (χ4v) is 3.98. The zero-order valence-corrected chi connectivity index (χ0v) is 14.7. The van der Waals surface area contributed by atoms with Gasteiger partial charge in [0.2, 0.25) is 0 Å². The van der Waals surface area contributed by atoms with Crippen LogP contribution in [0.4, 0.5) is 0 Å². The van der Waals surface area contributed by atoms with Gasteiger partial charge in [-0.05, 0) is 57.8 Å². The molecule has 1 heterocycles. The number of ether oxygens (including phenoxy) is 1. The highest BCUT2D eigenvalue weighted by Crippen LogP contribution is 2.38. The average molecular weight is 405 g/mol. The molecule has 0 aliphatic heterocycles. The van der Waals surface area contributed by atoms with E-state index in [4.69, 9.17) is 10.5 Å². The van der Waals surface area contributed by atoms with E-state index in [2.05, 4.69) is 50.9 Å². The Balaban J connectivity index is 2.41. The summed E-state index contributed by atoms with van der Waals surface area (Å²) in [6.07, 6.45) is 0. The van der Waals surface area contributed by atoms with Crippen molar-refractivity contribution in [3.05, 3.63) is 48.5 Å². The number of thiophene rings is 1. The summed E-state index contributed by atoms with van der Waals surface area (Å²) < 4.78 is 7.77. The van der Waals surface area contributed by atoms with Crippen molar-refractivity contribution < 1.29 is 4.74 Å². The molecule has 102 valence electrons. The Bertz CT molecular complexity index is 563. The van der Waals surface area contributed by atoms with Gasteiger partial charge in [0.15, 0.2) is 0 Å². The third-order valence-corrected chi connectivity index (χ3v) is 6.11. The van der Waals surface area contributed by atoms with Crippen molar-refractivity contribution in [1.82, 2.24) is 0 Å². The van der Waals surface area contributed by atoms with Crippen LogP contribution >= 0.6 is 43.2 Å². The van der Waals surface area contributed by atoms with E-state index in [1.54, 1.807) is 11.3 Å². The van der Waals surface area contributed by atoms with Gasteiger partial charge in [-0.25, -0.2) is 0 Å². The average Bonchev–Trinajstić information content (AvgIpc) is 2.71. The van der Waals surface area contributed by atoms with E-state index in [-0.39, 0.29) is 6.04 Å². The number of rotatable bonds is 4. The van der Waals surface area contributed by atoms with Crippen molar-refractivity contribution in [1.29, 1.82) is 0 Å². The summed E-state index contributed by atoms with van der Waals surface area (Å²) in [4.78, 5) is 1.10. The highest BCUT2D eigenvalue weighted by Gasteiger charge is 2.18. The van der Waals surface area contributed by atoms with Gasteiger partial charge in [-0.15, -0.1) is 11.3 Å². The van der Waals surface area contributed by atoms with Gasteiger partial charge in [0.1, 0.15) is 5.75 Å². The van der Waals surface area contributed by atoms with E-state index in [0.717, 1.165) is 24.4 Å². The zero-order chi connectivity index (χ0) is 14.0. The first kappa shape index (κ1) is 15.0. The van der Waals surface area contributed by atoms with Crippen LogP contribution in [0, 0.1) is 6.92 Å². The molecule has 2 nitrogen and oxygen atoms in total. The summed E-state index contributed by atoms with van der Waals surface area (Å²) in [5, 5.41) is 0. The van der Waals surface area contributed by atoms with E-state index in [1.165, 1.54) is 5.56 Å². The Morgan fingerprint density at radius 3 is 2.63 bits per heavy atom. The van der Waals surface area contributed by atoms with Gasteiger partial charge in [0, 0.05) is 14.9 Å². The lowest BCUT2D eigenvalue weighted by molar-refractivity contribution is 0.335. The highest BCUT2D eigenvalue weighted by molar-refractivity contribution is 9.13. The van der Waals surface area contributed by atoms with Crippen molar-refractivity contribution in [3.63, 3.8) is 0 Å². The molecule has 0 spiro atoms. The molecular formula is C14H15Br2NOS. The standard InChI is InChI=1S/C14H15Br2NOS/c1-3-18-11-5-4-8(2)6-9(11)13(17)12-7-10(15)14(16)19-12/h4-7,13H,3,17H2,1-2H3. The molecule has 0 aliphatic carbocycles. The fraction of sp³-hybridized carbons (Fsp3) is 0.286. The van der Waals surface area contributed by atoms with Crippen LogP contribution in [0.25, 0.3) is 0 Å². The first-order valence-electron chi connectivity index (χ1n) is 5.96. The largest absolute Gasteiger partial charge is 0.494 e. The molecule has 0 saturated heterocycles. The Morgan fingerprint density at radius 1 is 1.32 bits per heavy atom. The number of hydrogen-bond acceptors (Lipinski definition) is 3. The molecule has 2 aromatic rings. The van der Waals surface area contributed by atoms with Gasteiger partial charge in [-0.3, -0.25) is 0 Å². The van der Waals surface area contributed by atoms with Gasteiger partial charge < -0.3 is 10.5 Å². The maximum absolute atomic E-state index is 6.39. The van der Waals surface area contributed by atoms with E-state index < -0.39 is 0 Å². The van der Waals surface area contributed by atoms with Crippen LogP contribution in [0.3, 0.4) is 0 Å². The van der Waals surface area contributed by atoms with Crippen LogP contribution in [0.5, 0.6) is 5.75 Å². The Hall–Kier alpha value is -0.360. The predicted octanol–water partition coefficient (Wildman–Crippen LogP) is 5.03. The Kier molecular flexibility index (Phi) is 5.06. The van der Waals surface area contributed by atoms with Crippen LogP contribution in [0.15, 0.2) is 32.5 Å². The summed E-state index contributed by atoms with van der Waals surface area (Å²) in [6, 6.07) is 8.01. The molecule has 1 unspecified atom stereocenters. The topological polar surface area (TPSA) is 35.2 Å². The normalized spacial score (nSPS) is 12.5. The van der Waals surface area contributed by atoms with E-state index >= 15 is 0 Å². The summed E-state index contributed by atoms with van der Waals surface area (Å²) >= 11 is 8.64. The Labute approximate surface area is 134 Å². The smallest absolute Gasteiger partial charge is 0.124 e. The number of halogens is 2. The van der Waals surface area contributed by atoms with E-state index in [9.17, 15) is 0 Å². The minimum atomic E-state index is -0.172. The van der Waals surface area contributed by atoms with Crippen molar-refractivity contribution in [3.8, 4) is 5.75 Å². The Morgan fingerprint density at radius 2 is 2.05 bits per heavy atom. The molecule has 2 rings (SSSR count). The minimum absolute atomic E-state index is 0.172. The SMILES string of the molecule is CCOc1ccc(C)cc1C(N)c1cc(Br)c(Br)s1. The molecule has 0 amide bonds. The molecular weight excluding hydrogens is 390 g/mol. The number of aryl methyl sites for hydroxylation is 1.